The topological polar surface area (TPSA) is 33.6 Å². The number of H-pyrrole nitrogens is 1. The molecule has 0 aromatic carbocycles. The van der Waals surface area contributed by atoms with Gasteiger partial charge in [-0.15, -0.1) is 0 Å². The number of pyridine rings is 1. The summed E-state index contributed by atoms with van der Waals surface area (Å²) in [6.45, 7) is 4.61. The van der Waals surface area contributed by atoms with Crippen LogP contribution in [0, 0.1) is 10.2 Å². The Morgan fingerprint density at radius 1 is 1.56 bits per heavy atom. The highest BCUT2D eigenvalue weighted by Gasteiger charge is 2.37. The van der Waals surface area contributed by atoms with E-state index in [-0.39, 0.29) is 5.41 Å². The fourth-order valence-electron chi connectivity index (χ4n) is 3.06. The summed E-state index contributed by atoms with van der Waals surface area (Å²) in [4.78, 5) is 7.66. The van der Waals surface area contributed by atoms with Crippen molar-refractivity contribution in [3.63, 3.8) is 0 Å². The molecule has 1 atom stereocenters. The summed E-state index contributed by atoms with van der Waals surface area (Å²) >= 11 is 11.4. The molecule has 0 saturated heterocycles. The van der Waals surface area contributed by atoms with E-state index in [1.165, 1.54) is 19.3 Å². The van der Waals surface area contributed by atoms with E-state index in [2.05, 4.69) is 28.4 Å². The maximum absolute atomic E-state index is 5.97. The first-order valence-electron chi connectivity index (χ1n) is 6.25. The second-order valence-electron chi connectivity index (χ2n) is 5.72. The molecule has 96 valence electrons. The van der Waals surface area contributed by atoms with Gasteiger partial charge in [-0.05, 0) is 36.5 Å². The Hall–Kier alpha value is -0.870. The second kappa shape index (κ2) is 4.07. The van der Waals surface area contributed by atoms with E-state index in [1.54, 1.807) is 6.20 Å². The van der Waals surface area contributed by atoms with E-state index in [9.17, 15) is 0 Å². The number of imidazole rings is 1. The van der Waals surface area contributed by atoms with Crippen molar-refractivity contribution in [1.82, 2.24) is 14.5 Å². The molecule has 1 N–H and O–H groups in total. The Bertz CT molecular complexity index is 656. The summed E-state index contributed by atoms with van der Waals surface area (Å²) < 4.78 is 2.92. The predicted octanol–water partition coefficient (Wildman–Crippen LogP) is 4.50. The molecule has 3 rings (SSSR count). The molecule has 2 aromatic heterocycles. The van der Waals surface area contributed by atoms with E-state index in [1.807, 2.05) is 6.07 Å². The van der Waals surface area contributed by atoms with E-state index < -0.39 is 0 Å². The lowest BCUT2D eigenvalue weighted by atomic mass is 9.87. The van der Waals surface area contributed by atoms with Gasteiger partial charge < -0.3 is 4.98 Å². The summed E-state index contributed by atoms with van der Waals surface area (Å²) in [5.41, 5.74) is 2.12. The summed E-state index contributed by atoms with van der Waals surface area (Å²) in [5, 5.41) is 0.636. The minimum absolute atomic E-state index is 0.272. The van der Waals surface area contributed by atoms with Crippen LogP contribution in [0.5, 0.6) is 0 Å². The molecular formula is C13H16ClN3S. The Kier molecular flexibility index (Phi) is 2.75. The van der Waals surface area contributed by atoms with Gasteiger partial charge in [-0.3, -0.25) is 4.57 Å². The lowest BCUT2D eigenvalue weighted by molar-refractivity contribution is 0.263. The highest BCUT2D eigenvalue weighted by molar-refractivity contribution is 7.71. The maximum Gasteiger partial charge on any atom is 0.179 e. The number of nitrogens with one attached hydrogen (secondary N) is 1. The van der Waals surface area contributed by atoms with Gasteiger partial charge in [-0.25, -0.2) is 4.98 Å². The van der Waals surface area contributed by atoms with Crippen LogP contribution in [0.15, 0.2) is 12.3 Å². The van der Waals surface area contributed by atoms with Gasteiger partial charge in [0.2, 0.25) is 0 Å². The zero-order chi connectivity index (χ0) is 12.9. The zero-order valence-electron chi connectivity index (χ0n) is 10.5. The number of hydrogen-bond donors (Lipinski definition) is 1. The Balaban J connectivity index is 2.23. The Morgan fingerprint density at radius 2 is 2.33 bits per heavy atom. The lowest BCUT2D eigenvalue weighted by Gasteiger charge is -2.28. The number of nitrogens with zero attached hydrogens (tertiary/aromatic N) is 2. The zero-order valence-corrected chi connectivity index (χ0v) is 12.1. The van der Waals surface area contributed by atoms with Crippen molar-refractivity contribution in [3.8, 4) is 0 Å². The third-order valence-electron chi connectivity index (χ3n) is 4.03. The number of rotatable bonds is 1. The molecule has 0 bridgehead atoms. The summed E-state index contributed by atoms with van der Waals surface area (Å²) in [5.74, 6) is 0. The fourth-order valence-corrected chi connectivity index (χ4v) is 3.55. The third-order valence-corrected chi connectivity index (χ3v) is 4.54. The Labute approximate surface area is 116 Å². The summed E-state index contributed by atoms with van der Waals surface area (Å²) in [6, 6.07) is 2.31. The van der Waals surface area contributed by atoms with Gasteiger partial charge in [-0.1, -0.05) is 31.9 Å². The standard InChI is InChI=1S/C13H16ClN3S/c1-13(2)5-3-4-10(13)17-11-9(16-12(17)18)6-8(14)7-15-11/h6-7,10H,3-5H2,1-2H3,(H,16,18). The van der Waals surface area contributed by atoms with Crippen LogP contribution in [-0.4, -0.2) is 14.5 Å². The highest BCUT2D eigenvalue weighted by Crippen LogP contribution is 2.46. The molecule has 1 aliphatic rings. The van der Waals surface area contributed by atoms with Gasteiger partial charge in [-0.2, -0.15) is 0 Å². The van der Waals surface area contributed by atoms with E-state index >= 15 is 0 Å². The molecule has 5 heteroatoms. The number of hydrogen-bond acceptors (Lipinski definition) is 2. The van der Waals surface area contributed by atoms with Crippen LogP contribution >= 0.6 is 23.8 Å². The van der Waals surface area contributed by atoms with Crippen LogP contribution < -0.4 is 0 Å². The first-order chi connectivity index (χ1) is 8.49. The maximum atomic E-state index is 5.97. The van der Waals surface area contributed by atoms with Crippen LogP contribution in [0.2, 0.25) is 5.02 Å². The normalized spacial score (nSPS) is 22.7. The molecule has 0 spiro atoms. The molecule has 0 radical (unpaired) electrons. The SMILES string of the molecule is CC1(C)CCCC1n1c(=S)[nH]c2cc(Cl)cnc21. The molecule has 1 aliphatic carbocycles. The minimum Gasteiger partial charge on any atom is -0.329 e. The van der Waals surface area contributed by atoms with Crippen molar-refractivity contribution in [1.29, 1.82) is 0 Å². The van der Waals surface area contributed by atoms with Crippen molar-refractivity contribution in [2.75, 3.05) is 0 Å². The molecule has 18 heavy (non-hydrogen) atoms. The van der Waals surface area contributed by atoms with Gasteiger partial charge in [0.05, 0.1) is 10.5 Å². The van der Waals surface area contributed by atoms with Crippen LogP contribution in [0.25, 0.3) is 11.2 Å². The fraction of sp³-hybridized carbons (Fsp3) is 0.538. The molecule has 0 aliphatic heterocycles. The molecular weight excluding hydrogens is 266 g/mol. The summed E-state index contributed by atoms with van der Waals surface area (Å²) in [7, 11) is 0. The third kappa shape index (κ3) is 1.79. The first kappa shape index (κ1) is 12.2. The molecule has 1 saturated carbocycles. The van der Waals surface area contributed by atoms with Crippen LogP contribution in [0.3, 0.4) is 0 Å². The highest BCUT2D eigenvalue weighted by atomic mass is 35.5. The first-order valence-corrected chi connectivity index (χ1v) is 7.03. The van der Waals surface area contributed by atoms with Crippen molar-refractivity contribution < 1.29 is 0 Å². The van der Waals surface area contributed by atoms with Crippen LogP contribution in [0.1, 0.15) is 39.2 Å². The molecule has 3 nitrogen and oxygen atoms in total. The average Bonchev–Trinajstić information content (AvgIpc) is 2.76. The van der Waals surface area contributed by atoms with Gasteiger partial charge in [0, 0.05) is 12.2 Å². The van der Waals surface area contributed by atoms with Crippen LogP contribution in [0.4, 0.5) is 0 Å². The van der Waals surface area contributed by atoms with Crippen molar-refractivity contribution in [3.05, 3.63) is 22.1 Å². The van der Waals surface area contributed by atoms with Crippen molar-refractivity contribution >= 4 is 35.0 Å². The van der Waals surface area contributed by atoms with E-state index in [0.29, 0.717) is 11.1 Å². The monoisotopic (exact) mass is 281 g/mol. The largest absolute Gasteiger partial charge is 0.329 e. The number of fused-ring (bicyclic) bond motifs is 1. The molecule has 2 aromatic rings. The van der Waals surface area contributed by atoms with E-state index in [0.717, 1.165) is 15.9 Å². The molecule has 1 fully saturated rings. The number of aromatic nitrogens is 3. The van der Waals surface area contributed by atoms with Crippen molar-refractivity contribution in [2.24, 2.45) is 5.41 Å². The van der Waals surface area contributed by atoms with E-state index in [4.69, 9.17) is 23.8 Å². The smallest absolute Gasteiger partial charge is 0.179 e. The van der Waals surface area contributed by atoms with Gasteiger partial charge in [0.1, 0.15) is 0 Å². The minimum atomic E-state index is 0.272. The molecule has 2 heterocycles. The lowest BCUT2D eigenvalue weighted by Crippen LogP contribution is -2.21. The second-order valence-corrected chi connectivity index (χ2v) is 6.54. The molecule has 0 amide bonds. The predicted molar refractivity (Wildman–Crippen MR) is 76.6 cm³/mol. The number of halogens is 1. The summed E-state index contributed by atoms with van der Waals surface area (Å²) in [6.07, 6.45) is 5.34. The van der Waals surface area contributed by atoms with Gasteiger partial charge in [0.25, 0.3) is 0 Å². The van der Waals surface area contributed by atoms with Gasteiger partial charge >= 0.3 is 0 Å². The number of aromatic amines is 1. The average molecular weight is 282 g/mol. The van der Waals surface area contributed by atoms with Gasteiger partial charge in [0.15, 0.2) is 10.4 Å². The van der Waals surface area contributed by atoms with Crippen molar-refractivity contribution in [2.45, 2.75) is 39.2 Å². The Morgan fingerprint density at radius 3 is 3.00 bits per heavy atom. The molecule has 1 unspecified atom stereocenters. The van der Waals surface area contributed by atoms with Crippen LogP contribution in [-0.2, 0) is 0 Å². The quantitative estimate of drug-likeness (QED) is 0.781.